The van der Waals surface area contributed by atoms with E-state index in [-0.39, 0.29) is 18.9 Å². The number of hydrogen-bond donors (Lipinski definition) is 0. The molecule has 2 aromatic carbocycles. The number of nitrogens with zero attached hydrogens (tertiary/aromatic N) is 3. The Hall–Kier alpha value is -3.81. The molecule has 1 aliphatic heterocycles. The van der Waals surface area contributed by atoms with Crippen molar-refractivity contribution in [1.82, 2.24) is 15.1 Å². The average molecular weight is 405 g/mol. The van der Waals surface area contributed by atoms with E-state index in [0.29, 0.717) is 17.0 Å². The number of carbonyl (C=O) groups is 3. The van der Waals surface area contributed by atoms with Crippen molar-refractivity contribution in [1.29, 1.82) is 0 Å². The highest BCUT2D eigenvalue weighted by atomic mass is 16.6. The minimum Gasteiger partial charge on any atom is -0.453 e. The summed E-state index contributed by atoms with van der Waals surface area (Å²) in [6, 6.07) is 14.2. The molecule has 0 fully saturated rings. The highest BCUT2D eigenvalue weighted by Gasteiger charge is 2.35. The topological polar surface area (TPSA) is 103 Å². The lowest BCUT2D eigenvalue weighted by Crippen LogP contribution is -2.32. The largest absolute Gasteiger partial charge is 0.453 e. The van der Waals surface area contributed by atoms with Gasteiger partial charge in [-0.05, 0) is 38.1 Å². The Kier molecular flexibility index (Phi) is 5.14. The Morgan fingerprint density at radius 3 is 2.30 bits per heavy atom. The fourth-order valence-electron chi connectivity index (χ4n) is 3.16. The molecule has 152 valence electrons. The van der Waals surface area contributed by atoms with Gasteiger partial charge >= 0.3 is 5.97 Å². The molecule has 3 aromatic rings. The third-order valence-electron chi connectivity index (χ3n) is 4.81. The molecule has 2 amide bonds. The second-order valence-electron chi connectivity index (χ2n) is 7.00. The van der Waals surface area contributed by atoms with E-state index in [1.54, 1.807) is 31.2 Å². The van der Waals surface area contributed by atoms with Gasteiger partial charge in [0.1, 0.15) is 0 Å². The first-order valence-electron chi connectivity index (χ1n) is 9.49. The van der Waals surface area contributed by atoms with E-state index >= 15 is 0 Å². The molecule has 0 aliphatic carbocycles. The number of hydrogen-bond acceptors (Lipinski definition) is 7. The molecule has 0 saturated heterocycles. The van der Waals surface area contributed by atoms with E-state index < -0.39 is 23.9 Å². The summed E-state index contributed by atoms with van der Waals surface area (Å²) < 4.78 is 10.9. The van der Waals surface area contributed by atoms with Crippen LogP contribution in [0.2, 0.25) is 0 Å². The number of aromatic nitrogens is 2. The molecule has 1 aromatic heterocycles. The molecule has 1 atom stereocenters. The number of ether oxygens (including phenoxy) is 1. The van der Waals surface area contributed by atoms with Crippen LogP contribution in [-0.2, 0) is 9.53 Å². The van der Waals surface area contributed by atoms with Gasteiger partial charge in [-0.1, -0.05) is 29.8 Å². The quantitative estimate of drug-likeness (QED) is 0.458. The number of benzene rings is 2. The average Bonchev–Trinajstić information content (AvgIpc) is 3.32. The Bertz CT molecular complexity index is 1080. The van der Waals surface area contributed by atoms with Crippen molar-refractivity contribution < 1.29 is 23.5 Å². The van der Waals surface area contributed by atoms with E-state index in [2.05, 4.69) is 10.2 Å². The van der Waals surface area contributed by atoms with Crippen LogP contribution in [-0.4, -0.2) is 39.4 Å². The van der Waals surface area contributed by atoms with E-state index in [4.69, 9.17) is 9.15 Å². The van der Waals surface area contributed by atoms with Gasteiger partial charge in [0, 0.05) is 12.1 Å². The summed E-state index contributed by atoms with van der Waals surface area (Å²) >= 11 is 0. The van der Waals surface area contributed by atoms with Gasteiger partial charge in [0.05, 0.1) is 17.5 Å². The first-order chi connectivity index (χ1) is 14.4. The summed E-state index contributed by atoms with van der Waals surface area (Å²) in [5.74, 6) is -0.889. The molecule has 8 heteroatoms. The predicted molar refractivity (Wildman–Crippen MR) is 105 cm³/mol. The van der Waals surface area contributed by atoms with Gasteiger partial charge in [0.2, 0.25) is 5.89 Å². The van der Waals surface area contributed by atoms with Crippen molar-refractivity contribution in [3.63, 3.8) is 0 Å². The van der Waals surface area contributed by atoms with E-state index in [1.807, 2.05) is 31.2 Å². The van der Waals surface area contributed by atoms with E-state index in [9.17, 15) is 14.4 Å². The number of carbonyl (C=O) groups excluding carboxylic acids is 3. The zero-order valence-electron chi connectivity index (χ0n) is 16.5. The minimum absolute atomic E-state index is 0.0592. The van der Waals surface area contributed by atoms with Crippen molar-refractivity contribution in [3.05, 3.63) is 71.1 Å². The number of esters is 1. The van der Waals surface area contributed by atoms with Crippen LogP contribution in [0.1, 0.15) is 51.6 Å². The second-order valence-corrected chi connectivity index (χ2v) is 7.00. The van der Waals surface area contributed by atoms with Crippen LogP contribution in [0, 0.1) is 6.92 Å². The van der Waals surface area contributed by atoms with Crippen LogP contribution in [0.5, 0.6) is 0 Å². The lowest BCUT2D eigenvalue weighted by molar-refractivity contribution is -0.149. The molecule has 1 aliphatic rings. The van der Waals surface area contributed by atoms with E-state index in [1.165, 1.54) is 0 Å². The van der Waals surface area contributed by atoms with Crippen molar-refractivity contribution in [3.8, 4) is 11.5 Å². The van der Waals surface area contributed by atoms with Gasteiger partial charge in [-0.3, -0.25) is 19.3 Å². The van der Waals surface area contributed by atoms with Crippen LogP contribution < -0.4 is 0 Å². The van der Waals surface area contributed by atoms with Crippen LogP contribution >= 0.6 is 0 Å². The number of fused-ring (bicyclic) bond motifs is 1. The van der Waals surface area contributed by atoms with Crippen LogP contribution in [0.25, 0.3) is 11.5 Å². The maximum absolute atomic E-state index is 12.3. The number of amides is 2. The normalized spacial score (nSPS) is 14.0. The fraction of sp³-hybridized carbons (Fsp3) is 0.227. The third-order valence-corrected chi connectivity index (χ3v) is 4.81. The zero-order valence-corrected chi connectivity index (χ0v) is 16.5. The van der Waals surface area contributed by atoms with Crippen molar-refractivity contribution in [2.75, 3.05) is 6.54 Å². The first-order valence-corrected chi connectivity index (χ1v) is 9.49. The molecular weight excluding hydrogens is 386 g/mol. The third kappa shape index (κ3) is 3.71. The standard InChI is InChI=1S/C22H19N3O5/c1-13-7-9-15(10-8-13)20-24-23-19(30-20)14(2)29-18(26)11-12-25-21(27)16-5-3-4-6-17(16)22(25)28/h3-10,14H,11-12H2,1-2H3. The van der Waals surface area contributed by atoms with E-state index in [0.717, 1.165) is 16.0 Å². The lowest BCUT2D eigenvalue weighted by Gasteiger charge is -2.14. The molecular formula is C22H19N3O5. The number of imide groups is 1. The number of rotatable bonds is 6. The maximum atomic E-state index is 12.3. The first kappa shape index (κ1) is 19.5. The molecule has 8 nitrogen and oxygen atoms in total. The molecule has 0 saturated carbocycles. The van der Waals surface area contributed by atoms with Crippen molar-refractivity contribution in [2.24, 2.45) is 0 Å². The van der Waals surface area contributed by atoms with Gasteiger partial charge in [-0.25, -0.2) is 0 Å². The summed E-state index contributed by atoms with van der Waals surface area (Å²) in [7, 11) is 0. The highest BCUT2D eigenvalue weighted by Crippen LogP contribution is 2.24. The maximum Gasteiger partial charge on any atom is 0.308 e. The molecule has 30 heavy (non-hydrogen) atoms. The van der Waals surface area contributed by atoms with Gasteiger partial charge in [-0.2, -0.15) is 0 Å². The lowest BCUT2D eigenvalue weighted by atomic mass is 10.1. The monoisotopic (exact) mass is 405 g/mol. The minimum atomic E-state index is -0.758. The van der Waals surface area contributed by atoms with Gasteiger partial charge in [0.15, 0.2) is 6.10 Å². The summed E-state index contributed by atoms with van der Waals surface area (Å²) in [6.45, 7) is 3.54. The van der Waals surface area contributed by atoms with Gasteiger partial charge in [-0.15, -0.1) is 10.2 Å². The molecule has 4 rings (SSSR count). The van der Waals surface area contributed by atoms with Crippen LogP contribution in [0.4, 0.5) is 0 Å². The van der Waals surface area contributed by atoms with Gasteiger partial charge in [0.25, 0.3) is 17.7 Å². The molecule has 0 spiro atoms. The Morgan fingerprint density at radius 2 is 1.67 bits per heavy atom. The molecule has 1 unspecified atom stereocenters. The second kappa shape index (κ2) is 7.90. The summed E-state index contributed by atoms with van der Waals surface area (Å²) in [5, 5.41) is 7.94. The van der Waals surface area contributed by atoms with Crippen LogP contribution in [0.15, 0.2) is 52.9 Å². The summed E-state index contributed by atoms with van der Waals surface area (Å²) in [5.41, 5.74) is 2.57. The molecule has 0 bridgehead atoms. The Balaban J connectivity index is 1.34. The molecule has 2 heterocycles. The van der Waals surface area contributed by atoms with Crippen molar-refractivity contribution in [2.45, 2.75) is 26.4 Å². The summed E-state index contributed by atoms with van der Waals surface area (Å²) in [6.07, 6.45) is -0.888. The van der Waals surface area contributed by atoms with Gasteiger partial charge < -0.3 is 9.15 Å². The smallest absolute Gasteiger partial charge is 0.308 e. The SMILES string of the molecule is Cc1ccc(-c2nnc(C(C)OC(=O)CCN3C(=O)c4ccccc4C3=O)o2)cc1. The molecule has 0 N–H and O–H groups in total. The Morgan fingerprint density at radius 1 is 1.03 bits per heavy atom. The Labute approximate surface area is 172 Å². The molecule has 0 radical (unpaired) electrons. The zero-order chi connectivity index (χ0) is 21.3. The summed E-state index contributed by atoms with van der Waals surface area (Å²) in [4.78, 5) is 38.0. The predicted octanol–water partition coefficient (Wildman–Crippen LogP) is 3.34. The fourth-order valence-corrected chi connectivity index (χ4v) is 3.16. The highest BCUT2D eigenvalue weighted by molar-refractivity contribution is 6.21. The number of aryl methyl sites for hydroxylation is 1. The van der Waals surface area contributed by atoms with Crippen LogP contribution in [0.3, 0.4) is 0 Å². The van der Waals surface area contributed by atoms with Crippen molar-refractivity contribution >= 4 is 17.8 Å².